The zero-order valence-electron chi connectivity index (χ0n) is 19.5. The monoisotopic (exact) mass is 539 g/mol. The van der Waals surface area contributed by atoms with Gasteiger partial charge in [0.15, 0.2) is 0 Å². The highest BCUT2D eigenvalue weighted by Gasteiger charge is 2.22. The van der Waals surface area contributed by atoms with Crippen LogP contribution in [0, 0.1) is 0 Å². The highest BCUT2D eigenvalue weighted by molar-refractivity contribution is 6.42. The Morgan fingerprint density at radius 2 is 1.75 bits per heavy atom. The Bertz CT molecular complexity index is 1490. The van der Waals surface area contributed by atoms with Gasteiger partial charge in [0.1, 0.15) is 18.2 Å². The topological polar surface area (TPSA) is 56.5 Å². The van der Waals surface area contributed by atoms with E-state index in [9.17, 15) is 4.79 Å². The van der Waals surface area contributed by atoms with Crippen molar-refractivity contribution in [3.8, 4) is 5.75 Å². The van der Waals surface area contributed by atoms with Crippen LogP contribution in [-0.4, -0.2) is 15.9 Å². The number of fused-ring (bicyclic) bond motifs is 1. The number of hydrogen-bond donors (Lipinski definition) is 0. The van der Waals surface area contributed by atoms with Crippen molar-refractivity contribution in [3.05, 3.63) is 103 Å². The molecule has 1 aliphatic rings. The van der Waals surface area contributed by atoms with Crippen LogP contribution >= 0.6 is 34.8 Å². The second-order valence-electron chi connectivity index (χ2n) is 8.91. The van der Waals surface area contributed by atoms with Gasteiger partial charge in [0.05, 0.1) is 32.2 Å². The molecule has 0 radical (unpaired) electrons. The summed E-state index contributed by atoms with van der Waals surface area (Å²) in [5, 5.41) is 6.54. The minimum Gasteiger partial charge on any atom is -0.487 e. The first-order valence-electron chi connectivity index (χ1n) is 11.9. The highest BCUT2D eigenvalue weighted by Crippen LogP contribution is 2.32. The van der Waals surface area contributed by atoms with E-state index in [1.165, 1.54) is 11.1 Å². The summed E-state index contributed by atoms with van der Waals surface area (Å²) >= 11 is 18.5. The van der Waals surface area contributed by atoms with Gasteiger partial charge in [-0.2, -0.15) is 9.78 Å². The number of aromatic nitrogens is 2. The van der Waals surface area contributed by atoms with Gasteiger partial charge in [-0.1, -0.05) is 72.3 Å². The third kappa shape index (κ3) is 5.44. The van der Waals surface area contributed by atoms with Crippen molar-refractivity contribution in [2.75, 3.05) is 0 Å². The van der Waals surface area contributed by atoms with E-state index in [1.807, 2.05) is 30.3 Å². The molecule has 0 amide bonds. The lowest BCUT2D eigenvalue weighted by molar-refractivity contribution is 0.306. The molecule has 0 unspecified atom stereocenters. The van der Waals surface area contributed by atoms with E-state index in [2.05, 4.69) is 5.10 Å². The van der Waals surface area contributed by atoms with Gasteiger partial charge in [-0.15, -0.1) is 0 Å². The first kappa shape index (κ1) is 24.8. The van der Waals surface area contributed by atoms with Crippen LogP contribution in [0.2, 0.25) is 15.1 Å². The number of para-hydroxylation sites is 1. The highest BCUT2D eigenvalue weighted by atomic mass is 35.5. The molecule has 184 valence electrons. The summed E-state index contributed by atoms with van der Waals surface area (Å²) in [4.78, 5) is 18.2. The van der Waals surface area contributed by atoms with Gasteiger partial charge in [0, 0.05) is 5.92 Å². The standard InChI is InChI=1S/C28H24Cl3N3O2/c29-22-12-10-19(15-23(22)30)17-36-26-13-11-18(14-24(26)31)16-32-34-27(20-6-2-1-3-7-20)33-25-9-5-4-8-21(25)28(34)35/h4-5,8-16,20H,1-3,6-7,17H2. The largest absolute Gasteiger partial charge is 0.487 e. The van der Waals surface area contributed by atoms with Crippen molar-refractivity contribution in [1.82, 2.24) is 9.66 Å². The fourth-order valence-corrected chi connectivity index (χ4v) is 5.07. The van der Waals surface area contributed by atoms with Gasteiger partial charge < -0.3 is 4.74 Å². The molecule has 0 aliphatic heterocycles. The molecule has 36 heavy (non-hydrogen) atoms. The summed E-state index contributed by atoms with van der Waals surface area (Å²) in [6, 6.07) is 18.1. The van der Waals surface area contributed by atoms with Gasteiger partial charge >= 0.3 is 0 Å². The maximum absolute atomic E-state index is 13.3. The summed E-state index contributed by atoms with van der Waals surface area (Å²) in [5.74, 6) is 1.48. The van der Waals surface area contributed by atoms with Crippen LogP contribution < -0.4 is 10.3 Å². The predicted octanol–water partition coefficient (Wildman–Crippen LogP) is 7.87. The van der Waals surface area contributed by atoms with Gasteiger partial charge in [-0.25, -0.2) is 4.98 Å². The van der Waals surface area contributed by atoms with Crippen LogP contribution in [0.15, 0.2) is 70.6 Å². The van der Waals surface area contributed by atoms with Crippen LogP contribution in [0.1, 0.15) is 55.0 Å². The summed E-state index contributed by atoms with van der Waals surface area (Å²) in [6.45, 7) is 0.299. The summed E-state index contributed by atoms with van der Waals surface area (Å²) < 4.78 is 7.32. The van der Waals surface area contributed by atoms with Gasteiger partial charge in [0.25, 0.3) is 5.56 Å². The van der Waals surface area contributed by atoms with Crippen molar-refractivity contribution < 1.29 is 4.74 Å². The van der Waals surface area contributed by atoms with Crippen LogP contribution in [0.25, 0.3) is 10.9 Å². The average molecular weight is 541 g/mol. The molecule has 0 N–H and O–H groups in total. The summed E-state index contributed by atoms with van der Waals surface area (Å²) in [6.07, 6.45) is 7.15. The maximum atomic E-state index is 13.3. The lowest BCUT2D eigenvalue weighted by Gasteiger charge is -2.22. The smallest absolute Gasteiger partial charge is 0.282 e. The third-order valence-corrected chi connectivity index (χ3v) is 7.44. The molecule has 4 aromatic rings. The van der Waals surface area contributed by atoms with Gasteiger partial charge in [0.2, 0.25) is 0 Å². The van der Waals surface area contributed by atoms with Gasteiger partial charge in [-0.3, -0.25) is 4.79 Å². The fourth-order valence-electron chi connectivity index (χ4n) is 4.51. The minimum atomic E-state index is -0.162. The second-order valence-corrected chi connectivity index (χ2v) is 10.1. The zero-order chi connectivity index (χ0) is 25.1. The van der Waals surface area contributed by atoms with E-state index in [0.29, 0.717) is 38.3 Å². The Morgan fingerprint density at radius 1 is 0.944 bits per heavy atom. The Balaban J connectivity index is 1.41. The molecule has 5 nitrogen and oxygen atoms in total. The molecule has 0 atom stereocenters. The normalized spacial score (nSPS) is 14.5. The molecule has 0 saturated heterocycles. The molecule has 8 heteroatoms. The van der Waals surface area contributed by atoms with Crippen molar-refractivity contribution in [1.29, 1.82) is 0 Å². The first-order chi connectivity index (χ1) is 17.5. The first-order valence-corrected chi connectivity index (χ1v) is 13.1. The van der Waals surface area contributed by atoms with E-state index in [4.69, 9.17) is 44.5 Å². The molecule has 1 aliphatic carbocycles. The molecular formula is C28H24Cl3N3O2. The van der Waals surface area contributed by atoms with Crippen molar-refractivity contribution in [3.63, 3.8) is 0 Å². The molecule has 1 saturated carbocycles. The molecular weight excluding hydrogens is 517 g/mol. The minimum absolute atomic E-state index is 0.162. The van der Waals surface area contributed by atoms with E-state index in [1.54, 1.807) is 36.5 Å². The van der Waals surface area contributed by atoms with E-state index in [-0.39, 0.29) is 11.5 Å². The summed E-state index contributed by atoms with van der Waals surface area (Å²) in [7, 11) is 0. The SMILES string of the molecule is O=c1c2ccccc2nc(C2CCCCC2)n1N=Cc1ccc(OCc2ccc(Cl)c(Cl)c2)c(Cl)c1. The van der Waals surface area contributed by atoms with Gasteiger partial charge in [-0.05, 0) is 66.4 Å². The van der Waals surface area contributed by atoms with Crippen LogP contribution in [0.4, 0.5) is 0 Å². The molecule has 1 aromatic heterocycles. The zero-order valence-corrected chi connectivity index (χ0v) is 21.7. The number of benzene rings is 3. The number of nitrogens with zero attached hydrogens (tertiary/aromatic N) is 3. The molecule has 5 rings (SSSR count). The number of halogens is 3. The Kier molecular flexibility index (Phi) is 7.61. The number of rotatable bonds is 6. The Hall–Kier alpha value is -2.86. The molecule has 0 bridgehead atoms. The third-order valence-electron chi connectivity index (χ3n) is 6.41. The predicted molar refractivity (Wildman–Crippen MR) is 147 cm³/mol. The number of hydrogen-bond acceptors (Lipinski definition) is 4. The Labute approximate surface area is 224 Å². The van der Waals surface area contributed by atoms with Crippen molar-refractivity contribution in [2.24, 2.45) is 5.10 Å². The average Bonchev–Trinajstić information content (AvgIpc) is 2.90. The Morgan fingerprint density at radius 3 is 2.53 bits per heavy atom. The molecule has 1 heterocycles. The van der Waals surface area contributed by atoms with E-state index < -0.39 is 0 Å². The van der Waals surface area contributed by atoms with Crippen molar-refractivity contribution in [2.45, 2.75) is 44.6 Å². The van der Waals surface area contributed by atoms with Crippen LogP contribution in [0.5, 0.6) is 5.75 Å². The lowest BCUT2D eigenvalue weighted by atomic mass is 9.88. The fraction of sp³-hybridized carbons (Fsp3) is 0.250. The molecule has 3 aromatic carbocycles. The lowest BCUT2D eigenvalue weighted by Crippen LogP contribution is -2.25. The van der Waals surface area contributed by atoms with Crippen molar-refractivity contribution >= 4 is 51.9 Å². The molecule has 0 spiro atoms. The second kappa shape index (κ2) is 11.0. The van der Waals surface area contributed by atoms with E-state index in [0.717, 1.165) is 42.6 Å². The summed E-state index contributed by atoms with van der Waals surface area (Å²) in [5.41, 5.74) is 2.17. The molecule has 1 fully saturated rings. The van der Waals surface area contributed by atoms with Crippen LogP contribution in [0.3, 0.4) is 0 Å². The quantitative estimate of drug-likeness (QED) is 0.234. The number of ether oxygens (including phenoxy) is 1. The maximum Gasteiger partial charge on any atom is 0.282 e. The van der Waals surface area contributed by atoms with E-state index >= 15 is 0 Å². The van der Waals surface area contributed by atoms with Crippen LogP contribution in [-0.2, 0) is 6.61 Å².